The summed E-state index contributed by atoms with van der Waals surface area (Å²) in [6.07, 6.45) is 3.98. The van der Waals surface area contributed by atoms with Crippen molar-refractivity contribution in [1.82, 2.24) is 9.88 Å². The minimum atomic E-state index is -1.02. The van der Waals surface area contributed by atoms with Crippen molar-refractivity contribution in [3.63, 3.8) is 0 Å². The van der Waals surface area contributed by atoms with E-state index in [1.807, 2.05) is 4.90 Å². The highest BCUT2D eigenvalue weighted by atomic mass is 16.4. The molecule has 1 N–H and O–H groups in total. The van der Waals surface area contributed by atoms with Crippen molar-refractivity contribution in [3.8, 4) is 0 Å². The summed E-state index contributed by atoms with van der Waals surface area (Å²) in [6, 6.07) is 2.96. The minimum absolute atomic E-state index is 0.114. The number of aryl methyl sites for hydroxylation is 1. The number of rotatable bonds is 8. The first-order valence-electron chi connectivity index (χ1n) is 7.51. The largest absolute Gasteiger partial charge is 0.478 e. The van der Waals surface area contributed by atoms with Crippen molar-refractivity contribution in [2.45, 2.75) is 46.5 Å². The van der Waals surface area contributed by atoms with E-state index in [1.165, 1.54) is 12.1 Å². The molecule has 1 aromatic rings. The zero-order chi connectivity index (χ0) is 15.8. The molecule has 0 aliphatic rings. The first kappa shape index (κ1) is 17.1. The molecule has 5 nitrogen and oxygen atoms in total. The van der Waals surface area contributed by atoms with Crippen LogP contribution in [0.1, 0.15) is 66.1 Å². The number of carboxylic acid groups (broad SMARTS) is 1. The van der Waals surface area contributed by atoms with Gasteiger partial charge in [0.05, 0.1) is 11.3 Å². The summed E-state index contributed by atoms with van der Waals surface area (Å²) in [5, 5.41) is 9.00. The van der Waals surface area contributed by atoms with Gasteiger partial charge in [-0.2, -0.15) is 0 Å². The quantitative estimate of drug-likeness (QED) is 0.799. The van der Waals surface area contributed by atoms with Crippen LogP contribution in [-0.2, 0) is 0 Å². The first-order valence-corrected chi connectivity index (χ1v) is 7.51. The van der Waals surface area contributed by atoms with Crippen molar-refractivity contribution in [3.05, 3.63) is 29.1 Å². The van der Waals surface area contributed by atoms with Gasteiger partial charge in [-0.1, -0.05) is 26.7 Å². The van der Waals surface area contributed by atoms with Gasteiger partial charge in [0.2, 0.25) is 0 Å². The zero-order valence-corrected chi connectivity index (χ0v) is 13.1. The van der Waals surface area contributed by atoms with Gasteiger partial charge in [-0.05, 0) is 31.9 Å². The zero-order valence-electron chi connectivity index (χ0n) is 13.1. The van der Waals surface area contributed by atoms with Gasteiger partial charge in [-0.25, -0.2) is 9.78 Å². The van der Waals surface area contributed by atoms with E-state index in [4.69, 9.17) is 5.11 Å². The van der Waals surface area contributed by atoms with Crippen LogP contribution in [0.5, 0.6) is 0 Å². The summed E-state index contributed by atoms with van der Waals surface area (Å²) in [7, 11) is 0. The van der Waals surface area contributed by atoms with Crippen LogP contribution in [0.25, 0.3) is 0 Å². The number of unbranched alkanes of at least 4 members (excludes halogenated alkanes) is 2. The van der Waals surface area contributed by atoms with Crippen molar-refractivity contribution in [2.24, 2.45) is 0 Å². The second kappa shape index (κ2) is 8.39. The Kier molecular flexibility index (Phi) is 6.85. The first-order chi connectivity index (χ1) is 10.0. The Labute approximate surface area is 126 Å². The fraction of sp³-hybridized carbons (Fsp3) is 0.562. The van der Waals surface area contributed by atoms with E-state index in [9.17, 15) is 9.59 Å². The maximum atomic E-state index is 12.5. The SMILES string of the molecule is CCCCN(CCCC)C(=O)c1ccc(C(=O)O)c(C)n1. The number of pyridine rings is 1. The lowest BCUT2D eigenvalue weighted by Crippen LogP contribution is -2.33. The van der Waals surface area contributed by atoms with Gasteiger partial charge in [-0.3, -0.25) is 4.79 Å². The number of hydrogen-bond acceptors (Lipinski definition) is 3. The Morgan fingerprint density at radius 1 is 1.14 bits per heavy atom. The fourth-order valence-electron chi connectivity index (χ4n) is 2.08. The van der Waals surface area contributed by atoms with E-state index >= 15 is 0 Å². The molecule has 0 radical (unpaired) electrons. The monoisotopic (exact) mass is 292 g/mol. The van der Waals surface area contributed by atoms with Crippen molar-refractivity contribution in [2.75, 3.05) is 13.1 Å². The number of carbonyl (C=O) groups excluding carboxylic acids is 1. The number of nitrogens with zero attached hydrogens (tertiary/aromatic N) is 2. The van der Waals surface area contributed by atoms with Crippen molar-refractivity contribution in [1.29, 1.82) is 0 Å². The van der Waals surface area contributed by atoms with Crippen LogP contribution in [0.15, 0.2) is 12.1 Å². The molecule has 1 amide bonds. The molecule has 116 valence electrons. The molecule has 0 spiro atoms. The minimum Gasteiger partial charge on any atom is -0.478 e. The van der Waals surface area contributed by atoms with E-state index in [2.05, 4.69) is 18.8 Å². The molecular weight excluding hydrogens is 268 g/mol. The van der Waals surface area contributed by atoms with E-state index < -0.39 is 5.97 Å². The third-order valence-electron chi connectivity index (χ3n) is 3.39. The van der Waals surface area contributed by atoms with E-state index in [-0.39, 0.29) is 11.5 Å². The number of carbonyl (C=O) groups is 2. The van der Waals surface area contributed by atoms with Gasteiger partial charge in [-0.15, -0.1) is 0 Å². The number of carboxylic acids is 1. The van der Waals surface area contributed by atoms with Crippen LogP contribution in [0.2, 0.25) is 0 Å². The lowest BCUT2D eigenvalue weighted by molar-refractivity contribution is 0.0691. The summed E-state index contributed by atoms with van der Waals surface area (Å²) in [5.41, 5.74) is 0.837. The average Bonchev–Trinajstić information content (AvgIpc) is 2.46. The lowest BCUT2D eigenvalue weighted by Gasteiger charge is -2.22. The Bertz CT molecular complexity index is 492. The molecule has 0 fully saturated rings. The van der Waals surface area contributed by atoms with Crippen molar-refractivity contribution < 1.29 is 14.7 Å². The normalized spacial score (nSPS) is 10.4. The number of aromatic nitrogens is 1. The Hall–Kier alpha value is -1.91. The van der Waals surface area contributed by atoms with Crippen LogP contribution in [-0.4, -0.2) is 40.0 Å². The van der Waals surface area contributed by atoms with Gasteiger partial charge in [0, 0.05) is 13.1 Å². The maximum Gasteiger partial charge on any atom is 0.337 e. The number of amides is 1. The molecule has 0 unspecified atom stereocenters. The van der Waals surface area contributed by atoms with Gasteiger partial charge in [0.1, 0.15) is 5.69 Å². The molecule has 0 saturated carbocycles. The standard InChI is InChI=1S/C16H24N2O3/c1-4-6-10-18(11-7-5-2)15(19)14-9-8-13(16(20)21)12(3)17-14/h8-9H,4-7,10-11H2,1-3H3,(H,20,21). The van der Waals surface area contributed by atoms with Crippen LogP contribution in [0, 0.1) is 6.92 Å². The van der Waals surface area contributed by atoms with Gasteiger partial charge in [0.25, 0.3) is 5.91 Å². The second-order valence-corrected chi connectivity index (χ2v) is 5.13. The molecule has 1 heterocycles. The average molecular weight is 292 g/mol. The molecule has 0 saturated heterocycles. The summed E-state index contributed by atoms with van der Waals surface area (Å²) in [6.45, 7) is 7.23. The highest BCUT2D eigenvalue weighted by Gasteiger charge is 2.18. The lowest BCUT2D eigenvalue weighted by atomic mass is 10.1. The summed E-state index contributed by atoms with van der Waals surface area (Å²) in [5.74, 6) is -1.13. The topological polar surface area (TPSA) is 70.5 Å². The molecule has 0 bridgehead atoms. The molecule has 21 heavy (non-hydrogen) atoms. The van der Waals surface area contributed by atoms with Gasteiger partial charge in [0.15, 0.2) is 0 Å². The Morgan fingerprint density at radius 2 is 1.71 bits per heavy atom. The molecule has 5 heteroatoms. The number of aromatic carboxylic acids is 1. The third kappa shape index (κ3) is 4.85. The highest BCUT2D eigenvalue weighted by molar-refractivity contribution is 5.94. The van der Waals surface area contributed by atoms with Crippen LogP contribution < -0.4 is 0 Å². The summed E-state index contributed by atoms with van der Waals surface area (Å²) < 4.78 is 0. The Morgan fingerprint density at radius 3 is 2.14 bits per heavy atom. The summed E-state index contributed by atoms with van der Waals surface area (Å²) >= 11 is 0. The van der Waals surface area contributed by atoms with Crippen LogP contribution >= 0.6 is 0 Å². The van der Waals surface area contributed by atoms with E-state index in [0.717, 1.165) is 38.8 Å². The maximum absolute atomic E-state index is 12.5. The molecule has 1 aromatic heterocycles. The van der Waals surface area contributed by atoms with E-state index in [0.29, 0.717) is 11.4 Å². The van der Waals surface area contributed by atoms with E-state index in [1.54, 1.807) is 6.92 Å². The molecule has 0 aliphatic heterocycles. The second-order valence-electron chi connectivity index (χ2n) is 5.13. The molecular formula is C16H24N2O3. The van der Waals surface area contributed by atoms with Gasteiger partial charge < -0.3 is 10.0 Å². The molecule has 0 atom stereocenters. The predicted octanol–water partition coefficient (Wildman–Crippen LogP) is 3.13. The Balaban J connectivity index is 2.91. The van der Waals surface area contributed by atoms with Gasteiger partial charge >= 0.3 is 5.97 Å². The summed E-state index contributed by atoms with van der Waals surface area (Å²) in [4.78, 5) is 29.5. The number of hydrogen-bond donors (Lipinski definition) is 1. The molecule has 0 aromatic carbocycles. The highest BCUT2D eigenvalue weighted by Crippen LogP contribution is 2.11. The molecule has 1 rings (SSSR count). The predicted molar refractivity (Wildman–Crippen MR) is 81.7 cm³/mol. The van der Waals surface area contributed by atoms with Crippen molar-refractivity contribution >= 4 is 11.9 Å². The fourth-order valence-corrected chi connectivity index (χ4v) is 2.08. The van der Waals surface area contributed by atoms with Crippen LogP contribution in [0.3, 0.4) is 0 Å². The smallest absolute Gasteiger partial charge is 0.337 e. The third-order valence-corrected chi connectivity index (χ3v) is 3.39. The van der Waals surface area contributed by atoms with Crippen LogP contribution in [0.4, 0.5) is 0 Å². The molecule has 0 aliphatic carbocycles.